The van der Waals surface area contributed by atoms with Crippen molar-refractivity contribution in [3.8, 4) is 5.75 Å². The zero-order chi connectivity index (χ0) is 25.1. The zero-order valence-corrected chi connectivity index (χ0v) is 18.7. The van der Waals surface area contributed by atoms with Crippen molar-refractivity contribution in [2.24, 2.45) is 5.73 Å². The van der Waals surface area contributed by atoms with Crippen LogP contribution in [0.1, 0.15) is 25.3 Å². The summed E-state index contributed by atoms with van der Waals surface area (Å²) >= 11 is 3.98. The number of carbonyl (C=O) groups is 5. The highest BCUT2D eigenvalue weighted by molar-refractivity contribution is 7.80. The molecule has 8 N–H and O–H groups in total. The first kappa shape index (κ1) is 27.7. The van der Waals surface area contributed by atoms with Gasteiger partial charge in [-0.2, -0.15) is 12.6 Å². The van der Waals surface area contributed by atoms with E-state index in [1.165, 1.54) is 19.1 Å². The van der Waals surface area contributed by atoms with Gasteiger partial charge in [0, 0.05) is 12.2 Å². The van der Waals surface area contributed by atoms with Gasteiger partial charge in [0.25, 0.3) is 0 Å². The summed E-state index contributed by atoms with van der Waals surface area (Å²) in [5.74, 6) is -4.95. The highest BCUT2D eigenvalue weighted by atomic mass is 32.1. The molecule has 0 aliphatic heterocycles. The number of thiol groups is 1. The SMILES string of the molecule is CC(NC(=O)C(N)Cc1ccc(O)cc1)C(=O)NC(CS)C(=O)NC(CCC(=O)O)C(=O)O. The van der Waals surface area contributed by atoms with Crippen LogP contribution < -0.4 is 21.7 Å². The van der Waals surface area contributed by atoms with Crippen LogP contribution in [0.3, 0.4) is 0 Å². The van der Waals surface area contributed by atoms with Gasteiger partial charge in [-0.25, -0.2) is 4.79 Å². The third-order valence-corrected chi connectivity index (χ3v) is 4.92. The number of phenols is 1. The number of carboxylic acids is 2. The number of aliphatic carboxylic acids is 2. The number of nitrogens with two attached hydrogens (primary N) is 1. The number of phenolic OH excluding ortho intramolecular Hbond substituents is 1. The minimum Gasteiger partial charge on any atom is -0.508 e. The number of aromatic hydroxyl groups is 1. The molecule has 0 aromatic heterocycles. The molecule has 4 unspecified atom stereocenters. The van der Waals surface area contributed by atoms with Crippen LogP contribution in [0.2, 0.25) is 0 Å². The highest BCUT2D eigenvalue weighted by Crippen LogP contribution is 2.11. The Labute approximate surface area is 195 Å². The van der Waals surface area contributed by atoms with Gasteiger partial charge in [-0.1, -0.05) is 12.1 Å². The smallest absolute Gasteiger partial charge is 0.326 e. The van der Waals surface area contributed by atoms with Gasteiger partial charge in [0.1, 0.15) is 23.9 Å². The second-order valence-corrected chi connectivity index (χ2v) is 7.65. The molecule has 0 fully saturated rings. The van der Waals surface area contributed by atoms with Gasteiger partial charge >= 0.3 is 11.9 Å². The summed E-state index contributed by atoms with van der Waals surface area (Å²) in [7, 11) is 0. The minimum atomic E-state index is -1.46. The fourth-order valence-electron chi connectivity index (χ4n) is 2.65. The van der Waals surface area contributed by atoms with Gasteiger partial charge in [0.05, 0.1) is 6.04 Å². The van der Waals surface area contributed by atoms with Crippen LogP contribution in [0.15, 0.2) is 24.3 Å². The van der Waals surface area contributed by atoms with Crippen molar-refractivity contribution in [1.82, 2.24) is 16.0 Å². The quantitative estimate of drug-likeness (QED) is 0.155. The summed E-state index contributed by atoms with van der Waals surface area (Å²) in [5.41, 5.74) is 6.57. The van der Waals surface area contributed by atoms with E-state index in [0.717, 1.165) is 0 Å². The molecule has 12 nitrogen and oxygen atoms in total. The number of rotatable bonds is 13. The Balaban J connectivity index is 2.63. The van der Waals surface area contributed by atoms with Gasteiger partial charge in [0.2, 0.25) is 17.7 Å². The Bertz CT molecular complexity index is 864. The number of benzene rings is 1. The Morgan fingerprint density at radius 3 is 2.03 bits per heavy atom. The lowest BCUT2D eigenvalue weighted by Crippen LogP contribution is -2.57. The predicted octanol–water partition coefficient (Wildman–Crippen LogP) is -1.38. The molecule has 0 saturated heterocycles. The summed E-state index contributed by atoms with van der Waals surface area (Å²) in [6.45, 7) is 1.38. The lowest BCUT2D eigenvalue weighted by Gasteiger charge is -2.22. The van der Waals surface area contributed by atoms with Crippen molar-refractivity contribution in [2.45, 2.75) is 50.4 Å². The summed E-state index contributed by atoms with van der Waals surface area (Å²) in [5, 5.41) is 34.1. The molecule has 1 aromatic carbocycles. The van der Waals surface area contributed by atoms with Gasteiger partial charge in [-0.15, -0.1) is 0 Å². The fourth-order valence-corrected chi connectivity index (χ4v) is 2.91. The van der Waals surface area contributed by atoms with E-state index in [1.807, 2.05) is 0 Å². The van der Waals surface area contributed by atoms with E-state index >= 15 is 0 Å². The average Bonchev–Trinajstić information content (AvgIpc) is 2.75. The first-order valence-electron chi connectivity index (χ1n) is 9.94. The lowest BCUT2D eigenvalue weighted by atomic mass is 10.1. The van der Waals surface area contributed by atoms with E-state index in [9.17, 15) is 29.1 Å². The Morgan fingerprint density at radius 2 is 1.52 bits per heavy atom. The maximum atomic E-state index is 12.4. The topological polar surface area (TPSA) is 208 Å². The molecule has 0 bridgehead atoms. The molecule has 0 spiro atoms. The van der Waals surface area contributed by atoms with Crippen LogP contribution in [0.25, 0.3) is 0 Å². The Hall–Kier alpha value is -3.32. The molecule has 0 saturated carbocycles. The molecule has 0 aliphatic rings. The van der Waals surface area contributed by atoms with Crippen LogP contribution in [-0.2, 0) is 30.4 Å². The second kappa shape index (κ2) is 13.3. The number of amides is 3. The van der Waals surface area contributed by atoms with E-state index in [0.29, 0.717) is 5.56 Å². The van der Waals surface area contributed by atoms with Gasteiger partial charge in [-0.05, 0) is 37.5 Å². The molecule has 0 aliphatic carbocycles. The molecule has 0 heterocycles. The van der Waals surface area contributed by atoms with Crippen molar-refractivity contribution < 1.29 is 39.3 Å². The lowest BCUT2D eigenvalue weighted by molar-refractivity contribution is -0.143. The van der Waals surface area contributed by atoms with Crippen molar-refractivity contribution >= 4 is 42.3 Å². The number of carboxylic acid groups (broad SMARTS) is 2. The third kappa shape index (κ3) is 9.78. The standard InChI is InChI=1S/C20H28N4O8S/c1-10(22-18(29)13(21)8-11-2-4-12(25)5-3-11)17(28)24-15(9-33)19(30)23-14(20(31)32)6-7-16(26)27/h2-5,10,13-15,25,33H,6-9,21H2,1H3,(H,22,29)(H,23,30)(H,24,28)(H,26,27)(H,31,32). The summed E-state index contributed by atoms with van der Waals surface area (Å²) in [6.07, 6.45) is -0.646. The van der Waals surface area contributed by atoms with Crippen molar-refractivity contribution in [1.29, 1.82) is 0 Å². The van der Waals surface area contributed by atoms with Crippen molar-refractivity contribution in [3.05, 3.63) is 29.8 Å². The number of hydrogen-bond donors (Lipinski definition) is 8. The van der Waals surface area contributed by atoms with E-state index in [2.05, 4.69) is 28.6 Å². The molecule has 13 heteroatoms. The maximum Gasteiger partial charge on any atom is 0.326 e. The number of hydrogen-bond acceptors (Lipinski definition) is 8. The predicted molar refractivity (Wildman–Crippen MR) is 120 cm³/mol. The van der Waals surface area contributed by atoms with Crippen molar-refractivity contribution in [2.75, 3.05) is 5.75 Å². The molecule has 182 valence electrons. The van der Waals surface area contributed by atoms with Gasteiger partial charge < -0.3 is 37.0 Å². The van der Waals surface area contributed by atoms with E-state index in [-0.39, 0.29) is 24.3 Å². The molecular weight excluding hydrogens is 456 g/mol. The molecular formula is C20H28N4O8S. The Kier molecular flexibility index (Phi) is 11.2. The summed E-state index contributed by atoms with van der Waals surface area (Å²) in [6, 6.07) is 1.40. The van der Waals surface area contributed by atoms with Crippen LogP contribution in [0.5, 0.6) is 5.75 Å². The van der Waals surface area contributed by atoms with Crippen LogP contribution in [-0.4, -0.2) is 74.9 Å². The first-order chi connectivity index (χ1) is 15.4. The number of carbonyl (C=O) groups excluding carboxylic acids is 3. The normalized spacial score (nSPS) is 14.3. The van der Waals surface area contributed by atoms with Gasteiger partial charge in [-0.3, -0.25) is 19.2 Å². The monoisotopic (exact) mass is 484 g/mol. The highest BCUT2D eigenvalue weighted by Gasteiger charge is 2.28. The minimum absolute atomic E-state index is 0.0707. The van der Waals surface area contributed by atoms with E-state index in [4.69, 9.17) is 15.9 Å². The Morgan fingerprint density at radius 1 is 0.939 bits per heavy atom. The fraction of sp³-hybridized carbons (Fsp3) is 0.450. The number of nitrogens with one attached hydrogen (secondary N) is 3. The van der Waals surface area contributed by atoms with Crippen LogP contribution in [0, 0.1) is 0 Å². The van der Waals surface area contributed by atoms with Crippen LogP contribution >= 0.6 is 12.6 Å². The second-order valence-electron chi connectivity index (χ2n) is 7.28. The molecule has 0 radical (unpaired) electrons. The summed E-state index contributed by atoms with van der Waals surface area (Å²) < 4.78 is 0. The van der Waals surface area contributed by atoms with Crippen LogP contribution in [0.4, 0.5) is 0 Å². The first-order valence-corrected chi connectivity index (χ1v) is 10.6. The third-order valence-electron chi connectivity index (χ3n) is 4.56. The molecule has 3 amide bonds. The maximum absolute atomic E-state index is 12.4. The van der Waals surface area contributed by atoms with E-state index in [1.54, 1.807) is 12.1 Å². The molecule has 33 heavy (non-hydrogen) atoms. The molecule has 4 atom stereocenters. The molecule has 1 rings (SSSR count). The molecule has 1 aromatic rings. The average molecular weight is 485 g/mol. The van der Waals surface area contributed by atoms with Crippen molar-refractivity contribution in [3.63, 3.8) is 0 Å². The van der Waals surface area contributed by atoms with Gasteiger partial charge in [0.15, 0.2) is 0 Å². The summed E-state index contributed by atoms with van der Waals surface area (Å²) in [4.78, 5) is 58.9. The largest absolute Gasteiger partial charge is 0.508 e. The zero-order valence-electron chi connectivity index (χ0n) is 17.9. The van der Waals surface area contributed by atoms with E-state index < -0.39 is 60.2 Å².